The number of aromatic nitrogens is 2. The van der Waals surface area contributed by atoms with Gasteiger partial charge in [0.05, 0.1) is 16.9 Å². The van der Waals surface area contributed by atoms with Crippen molar-refractivity contribution in [3.8, 4) is 0 Å². The number of pyridine rings is 1. The van der Waals surface area contributed by atoms with Crippen molar-refractivity contribution in [1.29, 1.82) is 0 Å². The highest BCUT2D eigenvalue weighted by atomic mass is 32.1. The molecular formula is C18H25N5S. The summed E-state index contributed by atoms with van der Waals surface area (Å²) in [7, 11) is 0. The van der Waals surface area contributed by atoms with Crippen LogP contribution in [0.1, 0.15) is 47.9 Å². The van der Waals surface area contributed by atoms with E-state index < -0.39 is 0 Å². The Hall–Kier alpha value is -1.66. The van der Waals surface area contributed by atoms with Gasteiger partial charge >= 0.3 is 0 Å². The van der Waals surface area contributed by atoms with Gasteiger partial charge in [0.1, 0.15) is 5.82 Å². The van der Waals surface area contributed by atoms with Gasteiger partial charge in [0, 0.05) is 36.1 Å². The molecule has 1 saturated heterocycles. The van der Waals surface area contributed by atoms with E-state index in [1.165, 1.54) is 48.5 Å². The Bertz CT molecular complexity index is 664. The number of nitrogen functional groups attached to an aromatic ring is 1. The molecular weight excluding hydrogens is 318 g/mol. The van der Waals surface area contributed by atoms with Crippen molar-refractivity contribution < 1.29 is 0 Å². The second-order valence-electron chi connectivity index (χ2n) is 6.96. The molecule has 2 aliphatic rings. The predicted octanol–water partition coefficient (Wildman–Crippen LogP) is 3.46. The van der Waals surface area contributed by atoms with Crippen LogP contribution >= 0.6 is 11.3 Å². The Morgan fingerprint density at radius 3 is 2.83 bits per heavy atom. The van der Waals surface area contributed by atoms with Crippen molar-refractivity contribution in [3.05, 3.63) is 34.4 Å². The Kier molecular flexibility index (Phi) is 4.67. The van der Waals surface area contributed by atoms with Crippen LogP contribution in [0.4, 0.5) is 11.5 Å². The van der Waals surface area contributed by atoms with E-state index in [-0.39, 0.29) is 0 Å². The maximum Gasteiger partial charge on any atom is 0.123 e. The maximum absolute atomic E-state index is 5.65. The van der Waals surface area contributed by atoms with Crippen LogP contribution in [0.25, 0.3) is 0 Å². The van der Waals surface area contributed by atoms with E-state index in [0.29, 0.717) is 11.9 Å². The lowest BCUT2D eigenvalue weighted by Gasteiger charge is -2.20. The number of hydrogen-bond donors (Lipinski definition) is 2. The molecule has 0 radical (unpaired) electrons. The minimum atomic E-state index is 0.518. The quantitative estimate of drug-likeness (QED) is 0.870. The van der Waals surface area contributed by atoms with Gasteiger partial charge in [0.15, 0.2) is 0 Å². The van der Waals surface area contributed by atoms with Gasteiger partial charge in [-0.3, -0.25) is 4.90 Å². The van der Waals surface area contributed by atoms with E-state index in [0.717, 1.165) is 24.7 Å². The van der Waals surface area contributed by atoms with E-state index in [2.05, 4.69) is 26.4 Å². The van der Waals surface area contributed by atoms with Gasteiger partial charge in [-0.05, 0) is 50.8 Å². The molecule has 0 bridgehead atoms. The monoisotopic (exact) mass is 343 g/mol. The third kappa shape index (κ3) is 4.05. The number of nitrogens with two attached hydrogens (primary N) is 1. The highest BCUT2D eigenvalue weighted by Crippen LogP contribution is 2.41. The fourth-order valence-corrected chi connectivity index (χ4v) is 4.45. The van der Waals surface area contributed by atoms with Crippen molar-refractivity contribution in [2.75, 3.05) is 24.1 Å². The van der Waals surface area contributed by atoms with Crippen molar-refractivity contribution in [2.24, 2.45) is 0 Å². The SMILES string of the molecule is Nc1ccc(N[C@H]2CCCN(Cc3cnc(C4CC4)s3)CC2)cn1. The highest BCUT2D eigenvalue weighted by molar-refractivity contribution is 7.11. The number of nitrogens with one attached hydrogen (secondary N) is 1. The Morgan fingerprint density at radius 1 is 1.12 bits per heavy atom. The fraction of sp³-hybridized carbons (Fsp3) is 0.556. The van der Waals surface area contributed by atoms with E-state index in [9.17, 15) is 0 Å². The lowest BCUT2D eigenvalue weighted by Crippen LogP contribution is -2.25. The second-order valence-corrected chi connectivity index (χ2v) is 8.11. The Morgan fingerprint density at radius 2 is 2.04 bits per heavy atom. The van der Waals surface area contributed by atoms with Gasteiger partial charge in [0.2, 0.25) is 0 Å². The van der Waals surface area contributed by atoms with E-state index in [1.807, 2.05) is 29.7 Å². The zero-order valence-corrected chi connectivity index (χ0v) is 14.8. The molecule has 5 nitrogen and oxygen atoms in total. The van der Waals surface area contributed by atoms with Gasteiger partial charge in [-0.2, -0.15) is 0 Å². The summed E-state index contributed by atoms with van der Waals surface area (Å²) in [6.07, 6.45) is 10.2. The lowest BCUT2D eigenvalue weighted by atomic mass is 10.1. The predicted molar refractivity (Wildman–Crippen MR) is 99.3 cm³/mol. The molecule has 4 rings (SSSR count). The third-order valence-corrected chi connectivity index (χ3v) is 6.00. The first kappa shape index (κ1) is 15.8. The standard InChI is InChI=1S/C18H25N5S/c19-17-6-5-15(10-20-17)22-14-2-1-8-23(9-7-14)12-16-11-21-18(24-16)13-3-4-13/h5-6,10-11,13-14,22H,1-4,7-9,12H2,(H2,19,20)/t14-/m0/s1. The zero-order chi connectivity index (χ0) is 16.4. The van der Waals surface area contributed by atoms with Crippen molar-refractivity contribution in [1.82, 2.24) is 14.9 Å². The van der Waals surface area contributed by atoms with Gasteiger partial charge < -0.3 is 11.1 Å². The molecule has 0 amide bonds. The van der Waals surface area contributed by atoms with Crippen LogP contribution in [0.2, 0.25) is 0 Å². The molecule has 1 saturated carbocycles. The van der Waals surface area contributed by atoms with Crippen LogP contribution in [-0.4, -0.2) is 34.0 Å². The Balaban J connectivity index is 1.29. The van der Waals surface area contributed by atoms with Crippen molar-refractivity contribution in [3.63, 3.8) is 0 Å². The second kappa shape index (κ2) is 7.07. The zero-order valence-electron chi connectivity index (χ0n) is 13.9. The molecule has 3 heterocycles. The van der Waals surface area contributed by atoms with Gasteiger partial charge in [-0.25, -0.2) is 9.97 Å². The number of rotatable bonds is 5. The van der Waals surface area contributed by atoms with E-state index in [1.54, 1.807) is 0 Å². The van der Waals surface area contributed by atoms with Crippen LogP contribution in [-0.2, 0) is 6.54 Å². The highest BCUT2D eigenvalue weighted by Gasteiger charge is 2.27. The molecule has 2 aromatic rings. The third-order valence-electron chi connectivity index (χ3n) is 4.86. The molecule has 128 valence electrons. The number of likely N-dealkylation sites (tertiary alicyclic amines) is 1. The summed E-state index contributed by atoms with van der Waals surface area (Å²) in [5.41, 5.74) is 6.72. The summed E-state index contributed by atoms with van der Waals surface area (Å²) in [6, 6.07) is 4.39. The van der Waals surface area contributed by atoms with E-state index >= 15 is 0 Å². The molecule has 2 fully saturated rings. The number of nitrogens with zero attached hydrogens (tertiary/aromatic N) is 3. The minimum Gasteiger partial charge on any atom is -0.384 e. The summed E-state index contributed by atoms with van der Waals surface area (Å²) in [5.74, 6) is 1.35. The van der Waals surface area contributed by atoms with E-state index in [4.69, 9.17) is 5.73 Å². The van der Waals surface area contributed by atoms with Crippen LogP contribution in [0.5, 0.6) is 0 Å². The summed E-state index contributed by atoms with van der Waals surface area (Å²) in [5, 5.41) is 4.96. The largest absolute Gasteiger partial charge is 0.384 e. The minimum absolute atomic E-state index is 0.518. The molecule has 1 aliphatic heterocycles. The molecule has 1 aliphatic carbocycles. The normalized spacial score (nSPS) is 22.2. The molecule has 0 spiro atoms. The van der Waals surface area contributed by atoms with Crippen molar-refractivity contribution >= 4 is 22.8 Å². The maximum atomic E-state index is 5.65. The number of hydrogen-bond acceptors (Lipinski definition) is 6. The summed E-state index contributed by atoms with van der Waals surface area (Å²) < 4.78 is 0. The Labute approximate surface area is 147 Å². The fourth-order valence-electron chi connectivity index (χ4n) is 3.32. The van der Waals surface area contributed by atoms with Crippen LogP contribution < -0.4 is 11.1 Å². The summed E-state index contributed by atoms with van der Waals surface area (Å²) in [4.78, 5) is 12.8. The smallest absolute Gasteiger partial charge is 0.123 e. The molecule has 2 aromatic heterocycles. The van der Waals surface area contributed by atoms with Crippen LogP contribution in [0.3, 0.4) is 0 Å². The average Bonchev–Trinajstić information content (AvgIpc) is 3.36. The molecule has 0 unspecified atom stereocenters. The average molecular weight is 344 g/mol. The molecule has 1 atom stereocenters. The molecule has 24 heavy (non-hydrogen) atoms. The summed E-state index contributed by atoms with van der Waals surface area (Å²) >= 11 is 1.92. The van der Waals surface area contributed by atoms with Crippen LogP contribution in [0.15, 0.2) is 24.5 Å². The van der Waals surface area contributed by atoms with Crippen LogP contribution in [0, 0.1) is 0 Å². The first-order chi connectivity index (χ1) is 11.8. The van der Waals surface area contributed by atoms with Crippen molar-refractivity contribution in [2.45, 2.75) is 50.6 Å². The first-order valence-electron chi connectivity index (χ1n) is 8.91. The number of anilines is 2. The molecule has 3 N–H and O–H groups in total. The van der Waals surface area contributed by atoms with Gasteiger partial charge in [-0.1, -0.05) is 0 Å². The van der Waals surface area contributed by atoms with Gasteiger partial charge in [-0.15, -0.1) is 11.3 Å². The topological polar surface area (TPSA) is 67.1 Å². The molecule has 6 heteroatoms. The molecule has 0 aromatic carbocycles. The van der Waals surface area contributed by atoms with Gasteiger partial charge in [0.25, 0.3) is 0 Å². The summed E-state index contributed by atoms with van der Waals surface area (Å²) in [6.45, 7) is 3.37. The number of thiazole rings is 1. The lowest BCUT2D eigenvalue weighted by molar-refractivity contribution is 0.278. The first-order valence-corrected chi connectivity index (χ1v) is 9.73.